The lowest BCUT2D eigenvalue weighted by Gasteiger charge is -2.10. The molecule has 0 unspecified atom stereocenters. The highest BCUT2D eigenvalue weighted by Gasteiger charge is 2.08. The number of nitrogens with one attached hydrogen (secondary N) is 2. The average molecular weight is 371 g/mol. The molecule has 1 aromatic heterocycles. The van der Waals surface area contributed by atoms with Crippen molar-refractivity contribution in [3.05, 3.63) is 76.7 Å². The quantitative estimate of drug-likeness (QED) is 0.650. The van der Waals surface area contributed by atoms with Crippen LogP contribution in [0.5, 0.6) is 0 Å². The van der Waals surface area contributed by atoms with Gasteiger partial charge in [0.15, 0.2) is 5.76 Å². The number of halogens is 1. The van der Waals surface area contributed by atoms with Crippen LogP contribution in [0.15, 0.2) is 69.8 Å². The molecule has 0 aliphatic rings. The van der Waals surface area contributed by atoms with Gasteiger partial charge in [-0.2, -0.15) is 0 Å². The second kappa shape index (κ2) is 6.71. The van der Waals surface area contributed by atoms with E-state index < -0.39 is 0 Å². The highest BCUT2D eigenvalue weighted by atomic mass is 79.9. The molecule has 3 rings (SSSR count). The molecule has 0 spiro atoms. The van der Waals surface area contributed by atoms with Crippen LogP contribution < -0.4 is 10.6 Å². The maximum atomic E-state index is 11.9. The molecule has 2 aromatic carbocycles. The minimum Gasteiger partial charge on any atom is -0.459 e. The summed E-state index contributed by atoms with van der Waals surface area (Å²) in [7, 11) is 0. The first-order valence-corrected chi connectivity index (χ1v) is 7.89. The van der Waals surface area contributed by atoms with E-state index in [1.54, 1.807) is 12.1 Å². The summed E-state index contributed by atoms with van der Waals surface area (Å²) in [6.45, 7) is 2.05. The molecule has 116 valence electrons. The summed E-state index contributed by atoms with van der Waals surface area (Å²) in [5.74, 6) is 0.0211. The van der Waals surface area contributed by atoms with Gasteiger partial charge in [0.2, 0.25) is 0 Å². The van der Waals surface area contributed by atoms with E-state index in [1.807, 2.05) is 43.3 Å². The van der Waals surface area contributed by atoms with Gasteiger partial charge in [-0.05, 0) is 76.9 Å². The van der Waals surface area contributed by atoms with Crippen LogP contribution in [0.1, 0.15) is 16.1 Å². The third-order valence-corrected chi connectivity index (χ3v) is 3.95. The molecule has 2 N–H and O–H groups in total. The van der Waals surface area contributed by atoms with Crippen molar-refractivity contribution < 1.29 is 9.21 Å². The molecule has 1 heterocycles. The third-order valence-electron chi connectivity index (χ3n) is 3.29. The lowest BCUT2D eigenvalue weighted by Crippen LogP contribution is -2.10. The summed E-state index contributed by atoms with van der Waals surface area (Å²) in [4.78, 5) is 11.9. The Bertz CT molecular complexity index is 812. The average Bonchev–Trinajstić information content (AvgIpc) is 3.06. The van der Waals surface area contributed by atoms with Crippen LogP contribution in [-0.4, -0.2) is 5.91 Å². The topological polar surface area (TPSA) is 54.3 Å². The van der Waals surface area contributed by atoms with Crippen LogP contribution in [-0.2, 0) is 0 Å². The fraction of sp³-hybridized carbons (Fsp3) is 0.0556. The predicted octanol–water partition coefficient (Wildman–Crippen LogP) is 5.35. The molecule has 0 aliphatic heterocycles. The standard InChI is InChI=1S/C18H15BrN2O2/c1-12-4-9-16(15(19)11-12)20-13-5-7-14(8-6-13)21-18(22)17-3-2-10-23-17/h2-11,20H,1H3,(H,21,22). The summed E-state index contributed by atoms with van der Waals surface area (Å²) >= 11 is 3.54. The van der Waals surface area contributed by atoms with E-state index in [9.17, 15) is 4.79 Å². The van der Waals surface area contributed by atoms with Crippen molar-refractivity contribution in [2.45, 2.75) is 6.92 Å². The third kappa shape index (κ3) is 3.81. The second-order valence-corrected chi connectivity index (χ2v) is 5.97. The van der Waals surface area contributed by atoms with Gasteiger partial charge < -0.3 is 15.1 Å². The van der Waals surface area contributed by atoms with Gasteiger partial charge in [-0.15, -0.1) is 0 Å². The molecule has 0 radical (unpaired) electrons. The maximum Gasteiger partial charge on any atom is 0.291 e. The molecule has 0 fully saturated rings. The smallest absolute Gasteiger partial charge is 0.291 e. The van der Waals surface area contributed by atoms with E-state index in [4.69, 9.17) is 4.42 Å². The fourth-order valence-corrected chi connectivity index (χ4v) is 2.71. The minimum atomic E-state index is -0.267. The van der Waals surface area contributed by atoms with Crippen molar-refractivity contribution in [3.8, 4) is 0 Å². The van der Waals surface area contributed by atoms with Crippen molar-refractivity contribution in [2.75, 3.05) is 10.6 Å². The second-order valence-electron chi connectivity index (χ2n) is 5.12. The molecule has 0 aliphatic carbocycles. The van der Waals surface area contributed by atoms with E-state index in [0.29, 0.717) is 5.69 Å². The Balaban J connectivity index is 1.68. The van der Waals surface area contributed by atoms with Crippen LogP contribution in [0.25, 0.3) is 0 Å². The first kappa shape index (κ1) is 15.4. The van der Waals surface area contributed by atoms with Crippen molar-refractivity contribution in [3.63, 3.8) is 0 Å². The summed E-state index contributed by atoms with van der Waals surface area (Å²) in [6, 6.07) is 16.9. The van der Waals surface area contributed by atoms with Crippen LogP contribution in [0.4, 0.5) is 17.1 Å². The first-order valence-electron chi connectivity index (χ1n) is 7.10. The number of benzene rings is 2. The predicted molar refractivity (Wildman–Crippen MR) is 95.3 cm³/mol. The number of anilines is 3. The Morgan fingerprint density at radius 2 is 1.78 bits per heavy atom. The zero-order chi connectivity index (χ0) is 16.2. The molecule has 4 nitrogen and oxygen atoms in total. The van der Waals surface area contributed by atoms with Crippen LogP contribution >= 0.6 is 15.9 Å². The first-order chi connectivity index (χ1) is 11.1. The lowest BCUT2D eigenvalue weighted by atomic mass is 10.2. The summed E-state index contributed by atoms with van der Waals surface area (Å²) < 4.78 is 6.07. The molecule has 0 saturated heterocycles. The Kier molecular flexibility index (Phi) is 4.48. The molecule has 23 heavy (non-hydrogen) atoms. The van der Waals surface area contributed by atoms with Gasteiger partial charge >= 0.3 is 0 Å². The molecule has 3 aromatic rings. The molecule has 1 amide bonds. The maximum absolute atomic E-state index is 11.9. The molecule has 0 saturated carbocycles. The van der Waals surface area contributed by atoms with Crippen molar-refractivity contribution >= 4 is 38.9 Å². The number of carbonyl (C=O) groups is 1. The summed E-state index contributed by atoms with van der Waals surface area (Å²) in [5, 5.41) is 6.11. The fourth-order valence-electron chi connectivity index (χ4n) is 2.11. The number of amides is 1. The van der Waals surface area contributed by atoms with Crippen LogP contribution in [0.2, 0.25) is 0 Å². The Labute approximate surface area is 142 Å². The Morgan fingerprint density at radius 1 is 1.04 bits per heavy atom. The van der Waals surface area contributed by atoms with Gasteiger partial charge in [0.1, 0.15) is 0 Å². The van der Waals surface area contributed by atoms with Gasteiger partial charge in [0, 0.05) is 15.8 Å². The van der Waals surface area contributed by atoms with Gasteiger partial charge in [-0.1, -0.05) is 6.07 Å². The van der Waals surface area contributed by atoms with Gasteiger partial charge in [-0.25, -0.2) is 0 Å². The zero-order valence-corrected chi connectivity index (χ0v) is 14.1. The van der Waals surface area contributed by atoms with E-state index in [2.05, 4.69) is 32.6 Å². The van der Waals surface area contributed by atoms with Crippen molar-refractivity contribution in [2.24, 2.45) is 0 Å². The van der Waals surface area contributed by atoms with Crippen molar-refractivity contribution in [1.82, 2.24) is 0 Å². The number of carbonyl (C=O) groups excluding carboxylic acids is 1. The van der Waals surface area contributed by atoms with Crippen LogP contribution in [0.3, 0.4) is 0 Å². The summed E-state index contributed by atoms with van der Waals surface area (Å²) in [6.07, 6.45) is 1.47. The molecular weight excluding hydrogens is 356 g/mol. The summed E-state index contributed by atoms with van der Waals surface area (Å²) in [5.41, 5.74) is 3.83. The molecule has 5 heteroatoms. The Hall–Kier alpha value is -2.53. The largest absolute Gasteiger partial charge is 0.459 e. The van der Waals surface area contributed by atoms with E-state index in [1.165, 1.54) is 11.8 Å². The number of hydrogen-bond acceptors (Lipinski definition) is 3. The van der Waals surface area contributed by atoms with E-state index in [0.717, 1.165) is 15.8 Å². The number of aryl methyl sites for hydroxylation is 1. The van der Waals surface area contributed by atoms with E-state index in [-0.39, 0.29) is 11.7 Å². The normalized spacial score (nSPS) is 10.3. The minimum absolute atomic E-state index is 0.267. The molecule has 0 bridgehead atoms. The monoisotopic (exact) mass is 370 g/mol. The van der Waals surface area contributed by atoms with Crippen LogP contribution in [0, 0.1) is 6.92 Å². The highest BCUT2D eigenvalue weighted by molar-refractivity contribution is 9.10. The Morgan fingerprint density at radius 3 is 2.43 bits per heavy atom. The van der Waals surface area contributed by atoms with E-state index >= 15 is 0 Å². The number of furan rings is 1. The number of rotatable bonds is 4. The molecular formula is C18H15BrN2O2. The van der Waals surface area contributed by atoms with Gasteiger partial charge in [-0.3, -0.25) is 4.79 Å². The lowest BCUT2D eigenvalue weighted by molar-refractivity contribution is 0.0996. The highest BCUT2D eigenvalue weighted by Crippen LogP contribution is 2.27. The molecule has 0 atom stereocenters. The van der Waals surface area contributed by atoms with Crippen molar-refractivity contribution in [1.29, 1.82) is 0 Å². The number of hydrogen-bond donors (Lipinski definition) is 2. The SMILES string of the molecule is Cc1ccc(Nc2ccc(NC(=O)c3ccco3)cc2)c(Br)c1. The zero-order valence-electron chi connectivity index (χ0n) is 12.5. The van der Waals surface area contributed by atoms with Gasteiger partial charge in [0.05, 0.1) is 12.0 Å². The van der Waals surface area contributed by atoms with Gasteiger partial charge in [0.25, 0.3) is 5.91 Å².